The van der Waals surface area contributed by atoms with E-state index in [1.807, 2.05) is 0 Å². The SMILES string of the molecule is OCC1(CNCc2csc(Br)c2)COC1. The number of ether oxygens (including phenoxy) is 1. The summed E-state index contributed by atoms with van der Waals surface area (Å²) in [5, 5.41) is 14.7. The Balaban J connectivity index is 1.74. The van der Waals surface area contributed by atoms with Crippen molar-refractivity contribution in [1.29, 1.82) is 0 Å². The van der Waals surface area contributed by atoms with Crippen molar-refractivity contribution in [2.75, 3.05) is 26.4 Å². The second kappa shape index (κ2) is 4.93. The Kier molecular flexibility index (Phi) is 3.79. The summed E-state index contributed by atoms with van der Waals surface area (Å²) < 4.78 is 6.29. The molecule has 0 saturated carbocycles. The molecule has 2 rings (SSSR count). The first-order chi connectivity index (χ1) is 7.24. The monoisotopic (exact) mass is 291 g/mol. The molecule has 0 aliphatic carbocycles. The van der Waals surface area contributed by atoms with Crippen molar-refractivity contribution in [1.82, 2.24) is 5.32 Å². The summed E-state index contributed by atoms with van der Waals surface area (Å²) in [6, 6.07) is 2.11. The predicted octanol–water partition coefficient (Wildman–Crippen LogP) is 1.61. The number of aliphatic hydroxyl groups excluding tert-OH is 1. The third kappa shape index (κ3) is 2.79. The Morgan fingerprint density at radius 1 is 1.60 bits per heavy atom. The van der Waals surface area contributed by atoms with Crippen LogP contribution in [-0.2, 0) is 11.3 Å². The summed E-state index contributed by atoms with van der Waals surface area (Å²) in [6.45, 7) is 3.21. The number of thiophene rings is 1. The molecule has 5 heteroatoms. The van der Waals surface area contributed by atoms with Crippen LogP contribution < -0.4 is 5.32 Å². The minimum absolute atomic E-state index is 0.0345. The first-order valence-corrected chi connectivity index (χ1v) is 6.54. The molecule has 1 saturated heterocycles. The van der Waals surface area contributed by atoms with Gasteiger partial charge in [-0.2, -0.15) is 0 Å². The van der Waals surface area contributed by atoms with Crippen LogP contribution in [0.1, 0.15) is 5.56 Å². The fraction of sp³-hybridized carbons (Fsp3) is 0.600. The molecule has 0 amide bonds. The van der Waals surface area contributed by atoms with Crippen LogP contribution in [0, 0.1) is 5.41 Å². The number of hydrogen-bond donors (Lipinski definition) is 2. The molecule has 2 N–H and O–H groups in total. The van der Waals surface area contributed by atoms with Gasteiger partial charge in [0.05, 0.1) is 29.0 Å². The van der Waals surface area contributed by atoms with Gasteiger partial charge in [0.1, 0.15) is 0 Å². The number of aliphatic hydroxyl groups is 1. The largest absolute Gasteiger partial charge is 0.396 e. The minimum Gasteiger partial charge on any atom is -0.396 e. The quantitative estimate of drug-likeness (QED) is 0.866. The van der Waals surface area contributed by atoms with Gasteiger partial charge in [0.25, 0.3) is 0 Å². The molecule has 0 unspecified atom stereocenters. The van der Waals surface area contributed by atoms with Crippen molar-refractivity contribution in [2.45, 2.75) is 6.54 Å². The minimum atomic E-state index is -0.0345. The smallest absolute Gasteiger partial charge is 0.0701 e. The summed E-state index contributed by atoms with van der Waals surface area (Å²) in [7, 11) is 0. The highest BCUT2D eigenvalue weighted by molar-refractivity contribution is 9.11. The van der Waals surface area contributed by atoms with Crippen molar-refractivity contribution in [3.8, 4) is 0 Å². The Morgan fingerprint density at radius 3 is 2.87 bits per heavy atom. The van der Waals surface area contributed by atoms with Crippen LogP contribution in [-0.4, -0.2) is 31.5 Å². The summed E-state index contributed by atoms with van der Waals surface area (Å²) in [5.74, 6) is 0. The standard InChI is InChI=1S/C10H14BrNO2S/c11-9-1-8(3-15-9)2-12-4-10(5-13)6-14-7-10/h1,3,12-13H,2,4-7H2. The second-order valence-corrected chi connectivity index (χ2v) is 6.30. The summed E-state index contributed by atoms with van der Waals surface area (Å²) in [5.41, 5.74) is 1.24. The molecular formula is C10H14BrNO2S. The van der Waals surface area contributed by atoms with Crippen molar-refractivity contribution in [3.05, 3.63) is 20.8 Å². The lowest BCUT2D eigenvalue weighted by molar-refractivity contribution is -0.134. The van der Waals surface area contributed by atoms with Crippen LogP contribution in [0.5, 0.6) is 0 Å². The van der Waals surface area contributed by atoms with E-state index in [9.17, 15) is 5.11 Å². The van der Waals surface area contributed by atoms with E-state index >= 15 is 0 Å². The molecule has 1 aromatic heterocycles. The van der Waals surface area contributed by atoms with Crippen molar-refractivity contribution >= 4 is 27.3 Å². The van der Waals surface area contributed by atoms with E-state index in [0.29, 0.717) is 13.2 Å². The zero-order chi connectivity index (χ0) is 10.7. The first-order valence-electron chi connectivity index (χ1n) is 4.86. The van der Waals surface area contributed by atoms with Crippen molar-refractivity contribution in [2.24, 2.45) is 5.41 Å². The Morgan fingerprint density at radius 2 is 2.40 bits per heavy atom. The van der Waals surface area contributed by atoms with Crippen LogP contribution in [0.3, 0.4) is 0 Å². The van der Waals surface area contributed by atoms with E-state index in [1.54, 1.807) is 11.3 Å². The normalized spacial score (nSPS) is 18.8. The van der Waals surface area contributed by atoms with Crippen LogP contribution in [0.4, 0.5) is 0 Å². The van der Waals surface area contributed by atoms with E-state index < -0.39 is 0 Å². The molecule has 15 heavy (non-hydrogen) atoms. The predicted molar refractivity (Wildman–Crippen MR) is 64.1 cm³/mol. The van der Waals surface area contributed by atoms with Gasteiger partial charge in [-0.25, -0.2) is 0 Å². The van der Waals surface area contributed by atoms with Gasteiger partial charge in [0.15, 0.2) is 0 Å². The van der Waals surface area contributed by atoms with E-state index in [4.69, 9.17) is 4.74 Å². The molecule has 0 aromatic carbocycles. The molecule has 0 radical (unpaired) electrons. The van der Waals surface area contributed by atoms with Gasteiger partial charge in [0, 0.05) is 13.1 Å². The van der Waals surface area contributed by atoms with E-state index in [2.05, 4.69) is 32.7 Å². The molecule has 1 aliphatic rings. The lowest BCUT2D eigenvalue weighted by atomic mass is 9.87. The summed E-state index contributed by atoms with van der Waals surface area (Å²) >= 11 is 5.12. The Hall–Kier alpha value is 0.0600. The maximum Gasteiger partial charge on any atom is 0.0701 e. The number of halogens is 1. The molecule has 0 bridgehead atoms. The van der Waals surface area contributed by atoms with Crippen LogP contribution in [0.15, 0.2) is 15.2 Å². The van der Waals surface area contributed by atoms with Gasteiger partial charge >= 0.3 is 0 Å². The molecule has 0 spiro atoms. The number of nitrogens with one attached hydrogen (secondary N) is 1. The second-order valence-electron chi connectivity index (χ2n) is 4.01. The average Bonchev–Trinajstić information content (AvgIpc) is 2.56. The van der Waals surface area contributed by atoms with E-state index in [1.165, 1.54) is 5.56 Å². The molecule has 0 atom stereocenters. The first kappa shape index (κ1) is 11.5. The maximum atomic E-state index is 9.21. The van der Waals surface area contributed by atoms with Crippen LogP contribution >= 0.6 is 27.3 Å². The molecule has 1 aliphatic heterocycles. The molecule has 3 nitrogen and oxygen atoms in total. The Bertz CT molecular complexity index is 319. The van der Waals surface area contributed by atoms with Crippen LogP contribution in [0.2, 0.25) is 0 Å². The Labute approximate surface area is 102 Å². The highest BCUT2D eigenvalue weighted by Crippen LogP contribution is 2.26. The molecule has 84 valence electrons. The maximum absolute atomic E-state index is 9.21. The van der Waals surface area contributed by atoms with Crippen LogP contribution in [0.25, 0.3) is 0 Å². The van der Waals surface area contributed by atoms with Crippen molar-refractivity contribution < 1.29 is 9.84 Å². The van der Waals surface area contributed by atoms with E-state index in [0.717, 1.165) is 16.9 Å². The topological polar surface area (TPSA) is 41.5 Å². The molecule has 1 fully saturated rings. The zero-order valence-corrected chi connectivity index (χ0v) is 10.7. The number of hydrogen-bond acceptors (Lipinski definition) is 4. The van der Waals surface area contributed by atoms with Gasteiger partial charge < -0.3 is 15.2 Å². The average molecular weight is 292 g/mol. The lowest BCUT2D eigenvalue weighted by Gasteiger charge is -2.40. The third-order valence-corrected chi connectivity index (χ3v) is 4.16. The summed E-state index contributed by atoms with van der Waals surface area (Å²) in [4.78, 5) is 0. The van der Waals surface area contributed by atoms with Crippen molar-refractivity contribution in [3.63, 3.8) is 0 Å². The fourth-order valence-electron chi connectivity index (χ4n) is 1.55. The highest BCUT2D eigenvalue weighted by atomic mass is 79.9. The fourth-order valence-corrected chi connectivity index (χ4v) is 2.76. The zero-order valence-electron chi connectivity index (χ0n) is 8.33. The van der Waals surface area contributed by atoms with Gasteiger partial charge in [-0.05, 0) is 32.9 Å². The van der Waals surface area contributed by atoms with Gasteiger partial charge in [0.2, 0.25) is 0 Å². The highest BCUT2D eigenvalue weighted by Gasteiger charge is 2.37. The van der Waals surface area contributed by atoms with Gasteiger partial charge in [-0.15, -0.1) is 11.3 Å². The summed E-state index contributed by atoms with van der Waals surface area (Å²) in [6.07, 6.45) is 0. The van der Waals surface area contributed by atoms with E-state index in [-0.39, 0.29) is 12.0 Å². The number of rotatable bonds is 5. The van der Waals surface area contributed by atoms with Gasteiger partial charge in [-0.3, -0.25) is 0 Å². The molecular weight excluding hydrogens is 278 g/mol. The third-order valence-electron chi connectivity index (χ3n) is 2.60. The lowest BCUT2D eigenvalue weighted by Crippen LogP contribution is -2.52. The van der Waals surface area contributed by atoms with Gasteiger partial charge in [-0.1, -0.05) is 0 Å². The molecule has 1 aromatic rings. The molecule has 2 heterocycles.